The van der Waals surface area contributed by atoms with E-state index in [1.54, 1.807) is 18.2 Å². The van der Waals surface area contributed by atoms with Crippen LogP contribution in [0, 0.1) is 0 Å². The zero-order chi connectivity index (χ0) is 13.0. The summed E-state index contributed by atoms with van der Waals surface area (Å²) in [6.07, 6.45) is -0.113. The highest BCUT2D eigenvalue weighted by Gasteiger charge is 2.07. The molecule has 0 bridgehead atoms. The molecule has 0 aliphatic carbocycles. The normalized spacial score (nSPS) is 10.0. The topological polar surface area (TPSA) is 72.5 Å². The molecule has 0 amide bonds. The van der Waals surface area contributed by atoms with Gasteiger partial charge in [0.1, 0.15) is 11.5 Å². The van der Waals surface area contributed by atoms with E-state index in [1.165, 1.54) is 0 Å². The van der Waals surface area contributed by atoms with Crippen LogP contribution in [0.1, 0.15) is 5.56 Å². The number of rotatable bonds is 4. The average Bonchev–Trinajstić information content (AvgIpc) is 2.34. The summed E-state index contributed by atoms with van der Waals surface area (Å²) in [4.78, 5) is 10.7. The molecule has 2 aromatic carbocycles. The number of carboxylic acids is 1. The quantitative estimate of drug-likeness (QED) is 0.810. The van der Waals surface area contributed by atoms with Gasteiger partial charge in [-0.05, 0) is 35.9 Å². The van der Waals surface area contributed by atoms with Crippen molar-refractivity contribution >= 4 is 11.7 Å². The molecule has 0 aromatic heterocycles. The first-order valence-corrected chi connectivity index (χ1v) is 5.48. The molecule has 0 aliphatic heterocycles. The molecule has 2 rings (SSSR count). The van der Waals surface area contributed by atoms with Crippen molar-refractivity contribution in [3.05, 3.63) is 54.1 Å². The standard InChI is InChI=1S/C14H13NO3/c15-13-7-6-12(8-10(13)9-14(16)17)18-11-4-2-1-3-5-11/h1-8H,9,15H2,(H,16,17). The van der Waals surface area contributed by atoms with Crippen LogP contribution in [0.2, 0.25) is 0 Å². The number of para-hydroxylation sites is 1. The van der Waals surface area contributed by atoms with E-state index in [-0.39, 0.29) is 6.42 Å². The van der Waals surface area contributed by atoms with Gasteiger partial charge in [-0.25, -0.2) is 0 Å². The first-order chi connectivity index (χ1) is 8.65. The molecular weight excluding hydrogens is 230 g/mol. The van der Waals surface area contributed by atoms with E-state index in [1.807, 2.05) is 30.3 Å². The summed E-state index contributed by atoms with van der Waals surface area (Å²) in [6.45, 7) is 0. The first-order valence-electron chi connectivity index (χ1n) is 5.48. The molecule has 18 heavy (non-hydrogen) atoms. The summed E-state index contributed by atoms with van der Waals surface area (Å²) in [6, 6.07) is 14.3. The van der Waals surface area contributed by atoms with E-state index in [0.29, 0.717) is 22.7 Å². The molecule has 3 N–H and O–H groups in total. The van der Waals surface area contributed by atoms with Crippen molar-refractivity contribution in [2.75, 3.05) is 5.73 Å². The van der Waals surface area contributed by atoms with Crippen LogP contribution in [0.15, 0.2) is 48.5 Å². The molecule has 0 radical (unpaired) electrons. The number of hydrogen-bond acceptors (Lipinski definition) is 3. The Morgan fingerprint density at radius 3 is 2.50 bits per heavy atom. The molecule has 92 valence electrons. The molecule has 4 nitrogen and oxygen atoms in total. The van der Waals surface area contributed by atoms with Crippen LogP contribution in [0.4, 0.5) is 5.69 Å². The van der Waals surface area contributed by atoms with Crippen LogP contribution in [0.25, 0.3) is 0 Å². The summed E-state index contributed by atoms with van der Waals surface area (Å²) in [7, 11) is 0. The predicted molar refractivity (Wildman–Crippen MR) is 68.7 cm³/mol. The van der Waals surface area contributed by atoms with E-state index in [0.717, 1.165) is 0 Å². The van der Waals surface area contributed by atoms with E-state index >= 15 is 0 Å². The minimum Gasteiger partial charge on any atom is -0.481 e. The molecule has 0 fully saturated rings. The fourth-order valence-electron chi connectivity index (χ4n) is 1.59. The van der Waals surface area contributed by atoms with Crippen LogP contribution in [-0.4, -0.2) is 11.1 Å². The Hall–Kier alpha value is -2.49. The van der Waals surface area contributed by atoms with E-state index < -0.39 is 5.97 Å². The minimum atomic E-state index is -0.918. The zero-order valence-corrected chi connectivity index (χ0v) is 9.67. The van der Waals surface area contributed by atoms with Gasteiger partial charge in [-0.15, -0.1) is 0 Å². The number of benzene rings is 2. The maximum Gasteiger partial charge on any atom is 0.307 e. The number of ether oxygens (including phenoxy) is 1. The van der Waals surface area contributed by atoms with Crippen LogP contribution in [0.3, 0.4) is 0 Å². The Morgan fingerprint density at radius 1 is 1.11 bits per heavy atom. The second kappa shape index (κ2) is 5.23. The maximum absolute atomic E-state index is 10.7. The van der Waals surface area contributed by atoms with Crippen molar-refractivity contribution in [1.82, 2.24) is 0 Å². The van der Waals surface area contributed by atoms with Crippen molar-refractivity contribution in [1.29, 1.82) is 0 Å². The number of anilines is 1. The van der Waals surface area contributed by atoms with E-state index in [9.17, 15) is 4.79 Å². The zero-order valence-electron chi connectivity index (χ0n) is 9.67. The van der Waals surface area contributed by atoms with Gasteiger partial charge in [-0.1, -0.05) is 18.2 Å². The van der Waals surface area contributed by atoms with Crippen LogP contribution >= 0.6 is 0 Å². The first kappa shape index (κ1) is 12.0. The summed E-state index contributed by atoms with van der Waals surface area (Å²) in [5.74, 6) is 0.355. The lowest BCUT2D eigenvalue weighted by molar-refractivity contribution is -0.136. The van der Waals surface area contributed by atoms with Crippen molar-refractivity contribution < 1.29 is 14.6 Å². The lowest BCUT2D eigenvalue weighted by Gasteiger charge is -2.08. The third-order valence-electron chi connectivity index (χ3n) is 2.44. The lowest BCUT2D eigenvalue weighted by Crippen LogP contribution is -2.03. The molecule has 4 heteroatoms. The van der Waals surface area contributed by atoms with Crippen molar-refractivity contribution in [2.24, 2.45) is 0 Å². The molecule has 0 unspecified atom stereocenters. The average molecular weight is 243 g/mol. The number of aliphatic carboxylic acids is 1. The predicted octanol–water partition coefficient (Wildman–Crippen LogP) is 2.69. The molecule has 2 aromatic rings. The second-order valence-corrected chi connectivity index (χ2v) is 3.85. The van der Waals surface area contributed by atoms with E-state index in [4.69, 9.17) is 15.6 Å². The van der Waals surface area contributed by atoms with Crippen molar-refractivity contribution in [2.45, 2.75) is 6.42 Å². The Morgan fingerprint density at radius 2 is 1.83 bits per heavy atom. The van der Waals surface area contributed by atoms with Gasteiger partial charge < -0.3 is 15.6 Å². The number of carboxylic acid groups (broad SMARTS) is 1. The van der Waals surface area contributed by atoms with Crippen LogP contribution < -0.4 is 10.5 Å². The Balaban J connectivity index is 2.22. The number of nitrogen functional groups attached to an aromatic ring is 1. The second-order valence-electron chi connectivity index (χ2n) is 3.85. The summed E-state index contributed by atoms with van der Waals surface area (Å²) < 4.78 is 5.61. The van der Waals surface area contributed by atoms with E-state index in [2.05, 4.69) is 0 Å². The summed E-state index contributed by atoms with van der Waals surface area (Å²) in [5.41, 5.74) is 6.72. The molecule has 0 saturated carbocycles. The monoisotopic (exact) mass is 243 g/mol. The highest BCUT2D eigenvalue weighted by molar-refractivity contribution is 5.73. The number of carbonyl (C=O) groups is 1. The van der Waals surface area contributed by atoms with Crippen molar-refractivity contribution in [3.8, 4) is 11.5 Å². The van der Waals surface area contributed by atoms with Crippen molar-refractivity contribution in [3.63, 3.8) is 0 Å². The fraction of sp³-hybridized carbons (Fsp3) is 0.0714. The lowest BCUT2D eigenvalue weighted by atomic mass is 10.1. The maximum atomic E-state index is 10.7. The molecule has 0 heterocycles. The SMILES string of the molecule is Nc1ccc(Oc2ccccc2)cc1CC(=O)O. The smallest absolute Gasteiger partial charge is 0.307 e. The highest BCUT2D eigenvalue weighted by atomic mass is 16.5. The summed E-state index contributed by atoms with van der Waals surface area (Å²) >= 11 is 0. The molecule has 0 saturated heterocycles. The van der Waals surface area contributed by atoms with Gasteiger partial charge in [0, 0.05) is 5.69 Å². The van der Waals surface area contributed by atoms with Gasteiger partial charge in [0.05, 0.1) is 6.42 Å². The van der Waals surface area contributed by atoms with Gasteiger partial charge >= 0.3 is 5.97 Å². The van der Waals surface area contributed by atoms with Gasteiger partial charge in [0.25, 0.3) is 0 Å². The molecule has 0 atom stereocenters. The number of nitrogens with two attached hydrogens (primary N) is 1. The van der Waals surface area contributed by atoms with Crippen LogP contribution in [0.5, 0.6) is 11.5 Å². The molecular formula is C14H13NO3. The summed E-state index contributed by atoms with van der Waals surface area (Å²) in [5, 5.41) is 8.78. The van der Waals surface area contributed by atoms with Gasteiger partial charge in [0.2, 0.25) is 0 Å². The highest BCUT2D eigenvalue weighted by Crippen LogP contribution is 2.25. The Kier molecular flexibility index (Phi) is 3.48. The molecule has 0 aliphatic rings. The Bertz CT molecular complexity index is 552. The third-order valence-corrected chi connectivity index (χ3v) is 2.44. The third kappa shape index (κ3) is 3.01. The van der Waals surface area contributed by atoms with Crippen LogP contribution in [-0.2, 0) is 11.2 Å². The number of hydrogen-bond donors (Lipinski definition) is 2. The minimum absolute atomic E-state index is 0.113. The van der Waals surface area contributed by atoms with Gasteiger partial charge in [0.15, 0.2) is 0 Å². The Labute approximate surface area is 105 Å². The largest absolute Gasteiger partial charge is 0.481 e. The molecule has 0 spiro atoms. The van der Waals surface area contributed by atoms with Gasteiger partial charge in [-0.2, -0.15) is 0 Å². The van der Waals surface area contributed by atoms with Gasteiger partial charge in [-0.3, -0.25) is 4.79 Å². The fourth-order valence-corrected chi connectivity index (χ4v) is 1.59.